The Labute approximate surface area is 118 Å². The van der Waals surface area contributed by atoms with Gasteiger partial charge in [-0.3, -0.25) is 0 Å². The molecule has 3 rings (SSSR count). The number of hydrogen-bond donors (Lipinski definition) is 2. The van der Waals surface area contributed by atoms with Crippen molar-refractivity contribution >= 4 is 11.4 Å². The molecule has 3 aromatic rings. The summed E-state index contributed by atoms with van der Waals surface area (Å²) in [6.45, 7) is 0. The highest BCUT2D eigenvalue weighted by Crippen LogP contribution is 2.27. The van der Waals surface area contributed by atoms with Crippen molar-refractivity contribution in [2.45, 2.75) is 0 Å². The molecule has 0 unspecified atom stereocenters. The van der Waals surface area contributed by atoms with Crippen molar-refractivity contribution in [1.29, 1.82) is 0 Å². The van der Waals surface area contributed by atoms with Gasteiger partial charge >= 0.3 is 0 Å². The molecule has 0 atom stereocenters. The second kappa shape index (κ2) is 4.82. The van der Waals surface area contributed by atoms with Crippen LogP contribution in [0.25, 0.3) is 17.1 Å². The normalized spacial score (nSPS) is 10.8. The van der Waals surface area contributed by atoms with E-state index in [0.29, 0.717) is 16.9 Å². The molecule has 2 aromatic carbocycles. The molecule has 1 aromatic heterocycles. The molecule has 21 heavy (non-hydrogen) atoms. The molecule has 0 aliphatic rings. The van der Waals surface area contributed by atoms with E-state index in [-0.39, 0.29) is 11.5 Å². The number of nitrogens with zero attached hydrogens (tertiary/aromatic N) is 4. The number of nitrogen functional groups attached to an aromatic ring is 2. The summed E-state index contributed by atoms with van der Waals surface area (Å²) in [5.41, 5.74) is 12.9. The lowest BCUT2D eigenvalue weighted by Crippen LogP contribution is -2.04. The first-order valence-electron chi connectivity index (χ1n) is 5.95. The monoisotopic (exact) mass is 288 g/mol. The van der Waals surface area contributed by atoms with Gasteiger partial charge in [-0.1, -0.05) is 0 Å². The van der Waals surface area contributed by atoms with Crippen LogP contribution in [-0.4, -0.2) is 20.2 Å². The molecule has 8 heteroatoms. The Morgan fingerprint density at radius 1 is 1.00 bits per heavy atom. The average molecular weight is 288 g/mol. The van der Waals surface area contributed by atoms with Crippen LogP contribution in [0.4, 0.5) is 20.2 Å². The SMILES string of the molecule is Nc1ccc(-c2nnnn2-c2ccc(F)cc2F)c(N)c1. The third-order valence-corrected chi connectivity index (χ3v) is 2.92. The molecule has 0 fully saturated rings. The van der Waals surface area contributed by atoms with Crippen LogP contribution in [0.15, 0.2) is 36.4 Å². The second-order valence-corrected chi connectivity index (χ2v) is 4.36. The molecule has 1 heterocycles. The number of halogens is 2. The van der Waals surface area contributed by atoms with E-state index in [4.69, 9.17) is 11.5 Å². The molecule has 0 radical (unpaired) electrons. The van der Waals surface area contributed by atoms with Crippen molar-refractivity contribution in [3.8, 4) is 17.1 Å². The smallest absolute Gasteiger partial charge is 0.189 e. The molecular formula is C13H10F2N6. The van der Waals surface area contributed by atoms with Crippen LogP contribution in [0, 0.1) is 11.6 Å². The van der Waals surface area contributed by atoms with Crippen LogP contribution in [0.1, 0.15) is 0 Å². The Morgan fingerprint density at radius 3 is 2.52 bits per heavy atom. The van der Waals surface area contributed by atoms with E-state index >= 15 is 0 Å². The molecule has 0 saturated heterocycles. The van der Waals surface area contributed by atoms with Gasteiger partial charge in [0.2, 0.25) is 0 Å². The fourth-order valence-electron chi connectivity index (χ4n) is 1.96. The summed E-state index contributed by atoms with van der Waals surface area (Å²) >= 11 is 0. The van der Waals surface area contributed by atoms with Gasteiger partial charge in [-0.05, 0) is 40.8 Å². The summed E-state index contributed by atoms with van der Waals surface area (Å²) in [5, 5.41) is 11.1. The number of aromatic nitrogens is 4. The molecule has 0 saturated carbocycles. The Kier molecular flexibility index (Phi) is 2.98. The number of rotatable bonds is 2. The van der Waals surface area contributed by atoms with Crippen molar-refractivity contribution in [3.63, 3.8) is 0 Å². The van der Waals surface area contributed by atoms with Gasteiger partial charge in [-0.25, -0.2) is 8.78 Å². The largest absolute Gasteiger partial charge is 0.399 e. The maximum absolute atomic E-state index is 13.9. The molecule has 0 spiro atoms. The van der Waals surface area contributed by atoms with Crippen molar-refractivity contribution in [2.75, 3.05) is 11.5 Å². The first-order valence-corrected chi connectivity index (χ1v) is 5.95. The lowest BCUT2D eigenvalue weighted by atomic mass is 10.1. The molecule has 106 valence electrons. The minimum atomic E-state index is -0.780. The van der Waals surface area contributed by atoms with Gasteiger partial charge in [0.1, 0.15) is 11.5 Å². The Hall–Kier alpha value is -3.03. The van der Waals surface area contributed by atoms with Gasteiger partial charge in [0.25, 0.3) is 0 Å². The average Bonchev–Trinajstić information content (AvgIpc) is 2.87. The summed E-state index contributed by atoms with van der Waals surface area (Å²) < 4.78 is 28.0. The van der Waals surface area contributed by atoms with E-state index in [2.05, 4.69) is 15.5 Å². The zero-order chi connectivity index (χ0) is 15.0. The van der Waals surface area contributed by atoms with Crippen molar-refractivity contribution in [2.24, 2.45) is 0 Å². The lowest BCUT2D eigenvalue weighted by molar-refractivity contribution is 0.572. The van der Waals surface area contributed by atoms with Crippen LogP contribution in [-0.2, 0) is 0 Å². The van der Waals surface area contributed by atoms with Gasteiger partial charge in [0, 0.05) is 23.0 Å². The van der Waals surface area contributed by atoms with Gasteiger partial charge in [0.15, 0.2) is 11.6 Å². The van der Waals surface area contributed by atoms with Crippen LogP contribution < -0.4 is 11.5 Å². The Bertz CT molecular complexity index is 748. The van der Waals surface area contributed by atoms with Gasteiger partial charge < -0.3 is 11.5 Å². The highest BCUT2D eigenvalue weighted by Gasteiger charge is 2.16. The standard InChI is InChI=1S/C13H10F2N6/c14-7-1-4-12(10(15)5-7)21-13(18-19-20-21)9-3-2-8(16)6-11(9)17/h1-6H,16-17H2. The maximum atomic E-state index is 13.9. The molecule has 6 nitrogen and oxygen atoms in total. The molecule has 0 aliphatic carbocycles. The van der Waals surface area contributed by atoms with Crippen LogP contribution in [0.5, 0.6) is 0 Å². The summed E-state index contributed by atoms with van der Waals surface area (Å²) in [7, 11) is 0. The van der Waals surface area contributed by atoms with Crippen molar-refractivity contribution in [1.82, 2.24) is 20.2 Å². The Balaban J connectivity index is 2.17. The summed E-state index contributed by atoms with van der Waals surface area (Å²) in [4.78, 5) is 0. The zero-order valence-corrected chi connectivity index (χ0v) is 10.7. The van der Waals surface area contributed by atoms with Crippen LogP contribution in [0.3, 0.4) is 0 Å². The summed E-state index contributed by atoms with van der Waals surface area (Å²) in [6, 6.07) is 7.94. The number of nitrogens with two attached hydrogens (primary N) is 2. The topological polar surface area (TPSA) is 95.6 Å². The van der Waals surface area contributed by atoms with E-state index in [1.165, 1.54) is 6.07 Å². The molecule has 4 N–H and O–H groups in total. The predicted molar refractivity (Wildman–Crippen MR) is 73.3 cm³/mol. The third kappa shape index (κ3) is 2.27. The van der Waals surface area contributed by atoms with Crippen molar-refractivity contribution < 1.29 is 8.78 Å². The van der Waals surface area contributed by atoms with Gasteiger partial charge in [0.05, 0.1) is 0 Å². The molecule has 0 bridgehead atoms. The molecule has 0 amide bonds. The fraction of sp³-hybridized carbons (Fsp3) is 0. The number of hydrogen-bond acceptors (Lipinski definition) is 5. The van der Waals surface area contributed by atoms with Crippen molar-refractivity contribution in [3.05, 3.63) is 48.0 Å². The van der Waals surface area contributed by atoms with E-state index in [1.807, 2.05) is 0 Å². The molecule has 0 aliphatic heterocycles. The van der Waals surface area contributed by atoms with E-state index in [0.717, 1.165) is 16.8 Å². The van der Waals surface area contributed by atoms with Gasteiger partial charge in [-0.15, -0.1) is 5.10 Å². The Morgan fingerprint density at radius 2 is 1.81 bits per heavy atom. The zero-order valence-electron chi connectivity index (χ0n) is 10.7. The first kappa shape index (κ1) is 13.0. The lowest BCUT2D eigenvalue weighted by Gasteiger charge is -2.08. The summed E-state index contributed by atoms with van der Waals surface area (Å²) in [5.74, 6) is -1.23. The quantitative estimate of drug-likeness (QED) is 0.701. The molecular weight excluding hydrogens is 278 g/mol. The minimum absolute atomic E-state index is 0.0209. The fourth-order valence-corrected chi connectivity index (χ4v) is 1.96. The third-order valence-electron chi connectivity index (χ3n) is 2.92. The number of anilines is 2. The van der Waals surface area contributed by atoms with Crippen LogP contribution >= 0.6 is 0 Å². The van der Waals surface area contributed by atoms with E-state index < -0.39 is 11.6 Å². The maximum Gasteiger partial charge on any atom is 0.189 e. The predicted octanol–water partition coefficient (Wildman–Crippen LogP) is 1.77. The first-order chi connectivity index (χ1) is 10.1. The minimum Gasteiger partial charge on any atom is -0.399 e. The highest BCUT2D eigenvalue weighted by molar-refractivity contribution is 5.75. The summed E-state index contributed by atoms with van der Waals surface area (Å²) in [6.07, 6.45) is 0. The number of tetrazole rings is 1. The number of benzene rings is 2. The highest BCUT2D eigenvalue weighted by atomic mass is 19.1. The van der Waals surface area contributed by atoms with E-state index in [9.17, 15) is 8.78 Å². The second-order valence-electron chi connectivity index (χ2n) is 4.36. The van der Waals surface area contributed by atoms with Crippen LogP contribution in [0.2, 0.25) is 0 Å². The van der Waals surface area contributed by atoms with Gasteiger partial charge in [-0.2, -0.15) is 4.68 Å². The van der Waals surface area contributed by atoms with E-state index in [1.54, 1.807) is 18.2 Å².